The number of imide groups is 1. The Balaban J connectivity index is 1.75. The maximum Gasteiger partial charge on any atom is 0.252 e. The lowest BCUT2D eigenvalue weighted by molar-refractivity contribution is -0.122. The number of rotatable bonds is 5. The Bertz CT molecular complexity index is 1040. The number of amides is 2. The summed E-state index contributed by atoms with van der Waals surface area (Å²) in [6.07, 6.45) is 5.23. The molecule has 6 nitrogen and oxygen atoms in total. The molecule has 7 heteroatoms. The maximum absolute atomic E-state index is 13.8. The molecular weight excluding hydrogens is 412 g/mol. The molecule has 2 fully saturated rings. The van der Waals surface area contributed by atoms with Crippen LogP contribution in [0, 0.1) is 6.92 Å². The average Bonchev–Trinajstić information content (AvgIpc) is 2.91. The molecule has 0 spiro atoms. The number of benzene rings is 2. The number of aryl methyl sites for hydroxylation is 1. The molecule has 2 aromatic rings. The van der Waals surface area contributed by atoms with Crippen LogP contribution in [-0.2, 0) is 19.6 Å². The van der Waals surface area contributed by atoms with Crippen molar-refractivity contribution in [2.45, 2.75) is 68.8 Å². The topological polar surface area (TPSA) is 74.8 Å². The van der Waals surface area contributed by atoms with Crippen molar-refractivity contribution in [1.29, 1.82) is 0 Å². The minimum atomic E-state index is -3.95. The van der Waals surface area contributed by atoms with Crippen molar-refractivity contribution in [3.8, 4) is 0 Å². The van der Waals surface area contributed by atoms with Gasteiger partial charge in [-0.2, -0.15) is 4.31 Å². The number of sulfonamides is 1. The van der Waals surface area contributed by atoms with Gasteiger partial charge in [-0.05, 0) is 44.0 Å². The predicted octanol–water partition coefficient (Wildman–Crippen LogP) is 4.04. The smallest absolute Gasteiger partial charge is 0.252 e. The van der Waals surface area contributed by atoms with Gasteiger partial charge >= 0.3 is 0 Å². The molecule has 1 saturated heterocycles. The van der Waals surface area contributed by atoms with Crippen LogP contribution in [0.4, 0.5) is 5.69 Å². The van der Waals surface area contributed by atoms with E-state index in [0.29, 0.717) is 18.5 Å². The second-order valence-corrected chi connectivity index (χ2v) is 10.3. The van der Waals surface area contributed by atoms with Gasteiger partial charge in [-0.15, -0.1) is 0 Å². The summed E-state index contributed by atoms with van der Waals surface area (Å²) in [5.74, 6) is -0.824. The van der Waals surface area contributed by atoms with Crippen LogP contribution >= 0.6 is 0 Å². The second-order valence-electron chi connectivity index (χ2n) is 8.42. The summed E-state index contributed by atoms with van der Waals surface area (Å²) in [7, 11) is -3.95. The van der Waals surface area contributed by atoms with Gasteiger partial charge in [0, 0.05) is 6.04 Å². The van der Waals surface area contributed by atoms with E-state index in [2.05, 4.69) is 0 Å². The lowest BCUT2D eigenvalue weighted by atomic mass is 10.1. The van der Waals surface area contributed by atoms with Crippen molar-refractivity contribution < 1.29 is 18.0 Å². The second kappa shape index (κ2) is 8.93. The van der Waals surface area contributed by atoms with E-state index in [9.17, 15) is 18.0 Å². The van der Waals surface area contributed by atoms with E-state index in [4.69, 9.17) is 0 Å². The van der Waals surface area contributed by atoms with Gasteiger partial charge in [0.1, 0.15) is 6.04 Å². The normalized spacial score (nSPS) is 21.0. The number of nitrogens with zero attached hydrogens (tertiary/aromatic N) is 2. The quantitative estimate of drug-likeness (QED) is 0.519. The van der Waals surface area contributed by atoms with Crippen LogP contribution in [-0.4, -0.2) is 36.6 Å². The molecule has 4 rings (SSSR count). The fraction of sp³-hybridized carbons (Fsp3) is 0.417. The Kier molecular flexibility index (Phi) is 6.25. The summed E-state index contributed by atoms with van der Waals surface area (Å²) in [6, 6.07) is 14.1. The zero-order valence-electron chi connectivity index (χ0n) is 17.7. The first-order valence-corrected chi connectivity index (χ1v) is 12.4. The van der Waals surface area contributed by atoms with Crippen molar-refractivity contribution in [3.63, 3.8) is 0 Å². The number of carbonyl (C=O) groups excluding carboxylic acids is 2. The van der Waals surface area contributed by atoms with Gasteiger partial charge in [-0.3, -0.25) is 9.59 Å². The summed E-state index contributed by atoms with van der Waals surface area (Å²) in [5, 5.41) is 0. The van der Waals surface area contributed by atoms with Crippen LogP contribution in [0.15, 0.2) is 59.5 Å². The van der Waals surface area contributed by atoms with Crippen LogP contribution in [0.25, 0.3) is 0 Å². The van der Waals surface area contributed by atoms with E-state index in [1.165, 1.54) is 4.31 Å². The number of carbonyl (C=O) groups is 2. The SMILES string of the molecule is Cc1ccc(S(=O)(=O)N(C2CCCCCC2)C2CC(=O)N(c3ccccc3)C2=O)cc1. The summed E-state index contributed by atoms with van der Waals surface area (Å²) in [4.78, 5) is 27.6. The molecule has 0 aromatic heterocycles. The third-order valence-electron chi connectivity index (χ3n) is 6.23. The molecule has 1 unspecified atom stereocenters. The maximum atomic E-state index is 13.8. The Morgan fingerprint density at radius 2 is 1.48 bits per heavy atom. The van der Waals surface area contributed by atoms with Crippen LogP contribution < -0.4 is 4.90 Å². The van der Waals surface area contributed by atoms with E-state index in [1.54, 1.807) is 48.5 Å². The molecular formula is C24H28N2O4S. The first-order chi connectivity index (χ1) is 14.9. The Labute approximate surface area is 183 Å². The predicted molar refractivity (Wildman–Crippen MR) is 119 cm³/mol. The molecule has 2 aliphatic rings. The summed E-state index contributed by atoms with van der Waals surface area (Å²) < 4.78 is 28.9. The molecule has 1 saturated carbocycles. The minimum absolute atomic E-state index is 0.130. The fourth-order valence-corrected chi connectivity index (χ4v) is 6.45. The lowest BCUT2D eigenvalue weighted by Crippen LogP contribution is -2.50. The first-order valence-electron chi connectivity index (χ1n) is 10.9. The largest absolute Gasteiger partial charge is 0.274 e. The molecule has 1 atom stereocenters. The average molecular weight is 441 g/mol. The van der Waals surface area contributed by atoms with Crippen LogP contribution in [0.5, 0.6) is 0 Å². The number of hydrogen-bond donors (Lipinski definition) is 0. The molecule has 31 heavy (non-hydrogen) atoms. The van der Waals surface area contributed by atoms with Crippen molar-refractivity contribution >= 4 is 27.5 Å². The number of hydrogen-bond acceptors (Lipinski definition) is 4. The molecule has 1 aliphatic heterocycles. The Morgan fingerprint density at radius 3 is 2.10 bits per heavy atom. The third-order valence-corrected chi connectivity index (χ3v) is 8.20. The van der Waals surface area contributed by atoms with Gasteiger partial charge < -0.3 is 0 Å². The van der Waals surface area contributed by atoms with E-state index < -0.39 is 22.0 Å². The summed E-state index contributed by atoms with van der Waals surface area (Å²) in [6.45, 7) is 1.90. The van der Waals surface area contributed by atoms with Crippen molar-refractivity contribution in [1.82, 2.24) is 4.31 Å². The van der Waals surface area contributed by atoms with Gasteiger partial charge in [0.2, 0.25) is 15.9 Å². The molecule has 0 radical (unpaired) electrons. The van der Waals surface area contributed by atoms with Gasteiger partial charge in [-0.25, -0.2) is 13.3 Å². The van der Waals surface area contributed by atoms with Crippen molar-refractivity contribution in [3.05, 3.63) is 60.2 Å². The highest BCUT2D eigenvalue weighted by atomic mass is 32.2. The highest BCUT2D eigenvalue weighted by Crippen LogP contribution is 2.34. The van der Waals surface area contributed by atoms with Gasteiger partial charge in [-0.1, -0.05) is 61.6 Å². The Morgan fingerprint density at radius 1 is 0.871 bits per heavy atom. The zero-order chi connectivity index (χ0) is 22.0. The highest BCUT2D eigenvalue weighted by molar-refractivity contribution is 7.89. The molecule has 164 valence electrons. The van der Waals surface area contributed by atoms with E-state index in [0.717, 1.165) is 36.1 Å². The molecule has 2 amide bonds. The van der Waals surface area contributed by atoms with E-state index in [1.807, 2.05) is 13.0 Å². The van der Waals surface area contributed by atoms with Crippen LogP contribution in [0.3, 0.4) is 0 Å². The minimum Gasteiger partial charge on any atom is -0.274 e. The Hall–Kier alpha value is -2.51. The molecule has 0 bridgehead atoms. The number of anilines is 1. The van der Waals surface area contributed by atoms with Gasteiger partial charge in [0.15, 0.2) is 0 Å². The molecule has 0 N–H and O–H groups in total. The standard InChI is InChI=1S/C24H28N2O4S/c1-18-13-15-21(16-14-18)31(29,30)26(20-11-5-2-3-6-12-20)22-17-23(27)25(24(22)28)19-9-7-4-8-10-19/h4,7-10,13-16,20,22H,2-3,5-6,11-12,17H2,1H3. The first kappa shape index (κ1) is 21.7. The van der Waals surface area contributed by atoms with Crippen LogP contribution in [0.1, 0.15) is 50.5 Å². The molecule has 1 heterocycles. The van der Waals surface area contributed by atoms with Crippen molar-refractivity contribution in [2.24, 2.45) is 0 Å². The van der Waals surface area contributed by atoms with Crippen molar-refractivity contribution in [2.75, 3.05) is 4.90 Å². The van der Waals surface area contributed by atoms with Crippen LogP contribution in [0.2, 0.25) is 0 Å². The van der Waals surface area contributed by atoms with E-state index in [-0.39, 0.29) is 23.3 Å². The third kappa shape index (κ3) is 4.29. The fourth-order valence-electron chi connectivity index (χ4n) is 4.63. The number of para-hydroxylation sites is 1. The highest BCUT2D eigenvalue weighted by Gasteiger charge is 2.49. The lowest BCUT2D eigenvalue weighted by Gasteiger charge is -2.33. The monoisotopic (exact) mass is 440 g/mol. The van der Waals surface area contributed by atoms with Gasteiger partial charge in [0.05, 0.1) is 17.0 Å². The summed E-state index contributed by atoms with van der Waals surface area (Å²) in [5.41, 5.74) is 1.44. The van der Waals surface area contributed by atoms with Gasteiger partial charge in [0.25, 0.3) is 5.91 Å². The van der Waals surface area contributed by atoms with E-state index >= 15 is 0 Å². The molecule has 2 aromatic carbocycles. The zero-order valence-corrected chi connectivity index (χ0v) is 18.6. The molecule has 1 aliphatic carbocycles. The summed E-state index contributed by atoms with van der Waals surface area (Å²) >= 11 is 0.